The van der Waals surface area contributed by atoms with Crippen molar-refractivity contribution in [3.63, 3.8) is 0 Å². The first kappa shape index (κ1) is 15.6. The van der Waals surface area contributed by atoms with Gasteiger partial charge in [-0.2, -0.15) is 0 Å². The van der Waals surface area contributed by atoms with Crippen LogP contribution < -0.4 is 0 Å². The number of esters is 2. The lowest BCUT2D eigenvalue weighted by atomic mass is 10.1. The molecule has 0 N–H and O–H groups in total. The molecule has 0 unspecified atom stereocenters. The van der Waals surface area contributed by atoms with Crippen molar-refractivity contribution >= 4 is 29.8 Å². The summed E-state index contributed by atoms with van der Waals surface area (Å²) in [5.74, 6) is -1.44. The monoisotopic (exact) mass is 306 g/mol. The number of thioether (sulfide) groups is 1. The Hall–Kier alpha value is -1.75. The van der Waals surface area contributed by atoms with Crippen molar-refractivity contribution in [2.24, 2.45) is 0 Å². The van der Waals surface area contributed by atoms with Gasteiger partial charge in [0.2, 0.25) is 0 Å². The minimum atomic E-state index is -1.20. The lowest BCUT2D eigenvalue weighted by Gasteiger charge is -2.29. The Kier molecular flexibility index (Phi) is 4.73. The Bertz CT molecular complexity index is 550. The zero-order chi connectivity index (χ0) is 15.5. The SMILES string of the molecule is CCCSc1ccc(C=C2C(=O)OC(C)(C)OC2=O)cc1. The average Bonchev–Trinajstić information content (AvgIpc) is 2.41. The lowest BCUT2D eigenvalue weighted by molar-refractivity contribution is -0.222. The third-order valence-corrected chi connectivity index (χ3v) is 4.00. The fraction of sp³-hybridized carbons (Fsp3) is 0.375. The summed E-state index contributed by atoms with van der Waals surface area (Å²) >= 11 is 1.77. The fourth-order valence-corrected chi connectivity index (χ4v) is 2.59. The second-order valence-electron chi connectivity index (χ2n) is 5.15. The summed E-state index contributed by atoms with van der Waals surface area (Å²) in [7, 11) is 0. The highest BCUT2D eigenvalue weighted by molar-refractivity contribution is 7.99. The van der Waals surface area contributed by atoms with Gasteiger partial charge in [0.15, 0.2) is 0 Å². The molecular formula is C16H18O4S. The zero-order valence-corrected chi connectivity index (χ0v) is 13.2. The molecule has 0 radical (unpaired) electrons. The number of carbonyl (C=O) groups is 2. The van der Waals surface area contributed by atoms with E-state index in [2.05, 4.69) is 6.92 Å². The molecule has 0 atom stereocenters. The van der Waals surface area contributed by atoms with Crippen LogP contribution in [0, 0.1) is 0 Å². The van der Waals surface area contributed by atoms with Crippen LogP contribution in [0.5, 0.6) is 0 Å². The van der Waals surface area contributed by atoms with E-state index in [1.54, 1.807) is 11.8 Å². The molecule has 5 heteroatoms. The van der Waals surface area contributed by atoms with Gasteiger partial charge in [0, 0.05) is 18.7 Å². The molecule has 0 amide bonds. The van der Waals surface area contributed by atoms with E-state index < -0.39 is 17.7 Å². The molecule has 21 heavy (non-hydrogen) atoms. The Labute approximate surface area is 128 Å². The van der Waals surface area contributed by atoms with Gasteiger partial charge in [0.25, 0.3) is 5.79 Å². The van der Waals surface area contributed by atoms with E-state index in [-0.39, 0.29) is 5.57 Å². The summed E-state index contributed by atoms with van der Waals surface area (Å²) in [6.07, 6.45) is 2.61. The van der Waals surface area contributed by atoms with Crippen LogP contribution in [0.25, 0.3) is 6.08 Å². The smallest absolute Gasteiger partial charge is 0.348 e. The van der Waals surface area contributed by atoms with Crippen LogP contribution in [0.2, 0.25) is 0 Å². The molecule has 0 spiro atoms. The van der Waals surface area contributed by atoms with E-state index in [4.69, 9.17) is 9.47 Å². The maximum absolute atomic E-state index is 11.8. The summed E-state index contributed by atoms with van der Waals surface area (Å²) in [6.45, 7) is 5.19. The largest absolute Gasteiger partial charge is 0.419 e. The highest BCUT2D eigenvalue weighted by Crippen LogP contribution is 2.25. The molecule has 4 nitrogen and oxygen atoms in total. The van der Waals surface area contributed by atoms with Gasteiger partial charge in [-0.1, -0.05) is 19.1 Å². The van der Waals surface area contributed by atoms with Crippen LogP contribution in [-0.4, -0.2) is 23.5 Å². The second kappa shape index (κ2) is 6.35. The van der Waals surface area contributed by atoms with Gasteiger partial charge in [0.1, 0.15) is 5.57 Å². The molecule has 1 fully saturated rings. The lowest BCUT2D eigenvalue weighted by Crippen LogP contribution is -2.41. The number of benzene rings is 1. The van der Waals surface area contributed by atoms with Crippen molar-refractivity contribution < 1.29 is 19.1 Å². The first-order valence-corrected chi connectivity index (χ1v) is 7.81. The molecule has 1 aliphatic rings. The maximum atomic E-state index is 11.8. The Balaban J connectivity index is 2.15. The first-order valence-electron chi connectivity index (χ1n) is 6.82. The van der Waals surface area contributed by atoms with Crippen molar-refractivity contribution in [3.05, 3.63) is 35.4 Å². The fourth-order valence-electron chi connectivity index (χ4n) is 1.83. The van der Waals surface area contributed by atoms with Crippen LogP contribution in [0.4, 0.5) is 0 Å². The van der Waals surface area contributed by atoms with E-state index >= 15 is 0 Å². The molecule has 1 heterocycles. The number of hydrogen-bond donors (Lipinski definition) is 0. The van der Waals surface area contributed by atoms with E-state index in [1.807, 2.05) is 24.3 Å². The molecule has 1 aromatic carbocycles. The molecular weight excluding hydrogens is 288 g/mol. The van der Waals surface area contributed by atoms with E-state index in [0.29, 0.717) is 0 Å². The average molecular weight is 306 g/mol. The maximum Gasteiger partial charge on any atom is 0.348 e. The second-order valence-corrected chi connectivity index (χ2v) is 6.32. The van der Waals surface area contributed by atoms with Crippen molar-refractivity contribution in [2.75, 3.05) is 5.75 Å². The molecule has 0 saturated carbocycles. The van der Waals surface area contributed by atoms with Crippen molar-refractivity contribution in [1.82, 2.24) is 0 Å². The van der Waals surface area contributed by atoms with E-state index in [1.165, 1.54) is 19.9 Å². The van der Waals surface area contributed by atoms with Gasteiger partial charge in [-0.05, 0) is 35.9 Å². The van der Waals surface area contributed by atoms with Crippen molar-refractivity contribution in [2.45, 2.75) is 37.9 Å². The number of cyclic esters (lactones) is 2. The molecule has 0 aromatic heterocycles. The standard InChI is InChI=1S/C16H18O4S/c1-4-9-21-12-7-5-11(6-8-12)10-13-14(17)19-16(2,3)20-15(13)18/h5-8,10H,4,9H2,1-3H3. The van der Waals surface area contributed by atoms with Gasteiger partial charge in [-0.3, -0.25) is 0 Å². The van der Waals surface area contributed by atoms with E-state index in [0.717, 1.165) is 22.6 Å². The molecule has 1 aromatic rings. The van der Waals surface area contributed by atoms with Crippen LogP contribution in [0.15, 0.2) is 34.7 Å². The predicted octanol–water partition coefficient (Wildman–Crippen LogP) is 3.41. The first-order chi connectivity index (χ1) is 9.91. The van der Waals surface area contributed by atoms with Gasteiger partial charge in [-0.25, -0.2) is 9.59 Å². The number of carbonyl (C=O) groups excluding carboxylic acids is 2. The number of ether oxygens (including phenoxy) is 2. The number of hydrogen-bond acceptors (Lipinski definition) is 5. The van der Waals surface area contributed by atoms with Crippen molar-refractivity contribution in [3.8, 4) is 0 Å². The third-order valence-electron chi connectivity index (χ3n) is 2.78. The third kappa shape index (κ3) is 4.11. The summed E-state index contributed by atoms with van der Waals surface area (Å²) in [5, 5.41) is 0. The Morgan fingerprint density at radius 3 is 2.19 bits per heavy atom. The van der Waals surface area contributed by atoms with Crippen LogP contribution in [-0.2, 0) is 19.1 Å². The van der Waals surface area contributed by atoms with Crippen molar-refractivity contribution in [1.29, 1.82) is 0 Å². The van der Waals surface area contributed by atoms with E-state index in [9.17, 15) is 9.59 Å². The zero-order valence-electron chi connectivity index (χ0n) is 12.3. The summed E-state index contributed by atoms with van der Waals surface area (Å²) in [4.78, 5) is 24.8. The van der Waals surface area contributed by atoms with Gasteiger partial charge in [0.05, 0.1) is 0 Å². The Morgan fingerprint density at radius 2 is 1.67 bits per heavy atom. The predicted molar refractivity (Wildman–Crippen MR) is 81.7 cm³/mol. The van der Waals surface area contributed by atoms with Crippen LogP contribution >= 0.6 is 11.8 Å². The molecule has 1 saturated heterocycles. The van der Waals surface area contributed by atoms with Gasteiger partial charge in [-0.15, -0.1) is 11.8 Å². The Morgan fingerprint density at radius 1 is 1.10 bits per heavy atom. The topological polar surface area (TPSA) is 52.6 Å². The normalized spacial score (nSPS) is 17.2. The summed E-state index contributed by atoms with van der Waals surface area (Å²) < 4.78 is 10.1. The summed E-state index contributed by atoms with van der Waals surface area (Å²) in [6, 6.07) is 7.67. The summed E-state index contributed by atoms with van der Waals surface area (Å²) in [5.41, 5.74) is 0.683. The minimum Gasteiger partial charge on any atom is -0.419 e. The molecule has 0 bridgehead atoms. The van der Waals surface area contributed by atoms with Crippen LogP contribution in [0.3, 0.4) is 0 Å². The van der Waals surface area contributed by atoms with Crippen LogP contribution in [0.1, 0.15) is 32.8 Å². The highest BCUT2D eigenvalue weighted by Gasteiger charge is 2.38. The molecule has 1 aliphatic heterocycles. The quantitative estimate of drug-likeness (QED) is 0.369. The minimum absolute atomic E-state index is 0.0803. The van der Waals surface area contributed by atoms with Gasteiger partial charge >= 0.3 is 11.9 Å². The molecule has 2 rings (SSSR count). The highest BCUT2D eigenvalue weighted by atomic mass is 32.2. The van der Waals surface area contributed by atoms with Gasteiger partial charge < -0.3 is 9.47 Å². The number of rotatable bonds is 4. The molecule has 112 valence electrons. The molecule has 0 aliphatic carbocycles.